The second kappa shape index (κ2) is 6.76. The second-order valence-electron chi connectivity index (χ2n) is 5.74. The molecule has 0 amide bonds. The zero-order chi connectivity index (χ0) is 16.3. The van der Waals surface area contributed by atoms with E-state index in [1.165, 1.54) is 4.31 Å². The minimum absolute atomic E-state index is 0.153. The molecule has 1 aliphatic rings. The number of carboxylic acids is 1. The van der Waals surface area contributed by atoms with Gasteiger partial charge in [-0.1, -0.05) is 30.3 Å². The molecular weight excluding hydrogens is 304 g/mol. The van der Waals surface area contributed by atoms with Crippen molar-refractivity contribution in [2.24, 2.45) is 0 Å². The first kappa shape index (κ1) is 16.9. The normalized spacial score (nSPS) is 24.3. The Labute approximate surface area is 131 Å². The summed E-state index contributed by atoms with van der Waals surface area (Å²) in [5.41, 5.74) is 1.14. The number of nitrogens with zero attached hydrogens (tertiary/aromatic N) is 2. The standard InChI is InChI=1S/C15H22N2O4S/c1-12-14(10-15(18)19)17(22(2,20)21)9-8-16(12)11-13-6-4-3-5-7-13/h3-7,12,14H,8-11H2,1-2H3,(H,18,19). The molecule has 122 valence electrons. The van der Waals surface area contributed by atoms with E-state index in [1.807, 2.05) is 37.3 Å². The van der Waals surface area contributed by atoms with Crippen LogP contribution in [0.15, 0.2) is 30.3 Å². The first-order valence-electron chi connectivity index (χ1n) is 7.25. The van der Waals surface area contributed by atoms with Crippen molar-refractivity contribution >= 4 is 16.0 Å². The average Bonchev–Trinajstić information content (AvgIpc) is 2.42. The number of carbonyl (C=O) groups is 1. The smallest absolute Gasteiger partial charge is 0.305 e. The van der Waals surface area contributed by atoms with Gasteiger partial charge in [0.15, 0.2) is 0 Å². The summed E-state index contributed by atoms with van der Waals surface area (Å²) in [4.78, 5) is 13.3. The topological polar surface area (TPSA) is 77.9 Å². The number of aliphatic carboxylic acids is 1. The zero-order valence-electron chi connectivity index (χ0n) is 12.8. The monoisotopic (exact) mass is 326 g/mol. The molecule has 6 nitrogen and oxygen atoms in total. The van der Waals surface area contributed by atoms with E-state index in [1.54, 1.807) is 0 Å². The lowest BCUT2D eigenvalue weighted by Crippen LogP contribution is -2.59. The summed E-state index contributed by atoms with van der Waals surface area (Å²) >= 11 is 0. The van der Waals surface area contributed by atoms with Crippen molar-refractivity contribution in [1.82, 2.24) is 9.21 Å². The van der Waals surface area contributed by atoms with Gasteiger partial charge in [-0.05, 0) is 12.5 Å². The van der Waals surface area contributed by atoms with Crippen molar-refractivity contribution in [3.8, 4) is 0 Å². The van der Waals surface area contributed by atoms with Crippen LogP contribution in [0.5, 0.6) is 0 Å². The SMILES string of the molecule is CC1C(CC(=O)O)N(S(C)(=O)=O)CCN1Cc1ccccc1. The molecule has 1 heterocycles. The zero-order valence-corrected chi connectivity index (χ0v) is 13.7. The van der Waals surface area contributed by atoms with Crippen molar-refractivity contribution in [2.75, 3.05) is 19.3 Å². The van der Waals surface area contributed by atoms with Gasteiger partial charge in [0.1, 0.15) is 0 Å². The Bertz CT molecular complexity index is 618. The molecule has 0 spiro atoms. The maximum atomic E-state index is 11.9. The van der Waals surface area contributed by atoms with Crippen LogP contribution >= 0.6 is 0 Å². The third-order valence-corrected chi connectivity index (χ3v) is 5.45. The molecule has 0 saturated carbocycles. The minimum atomic E-state index is -3.41. The van der Waals surface area contributed by atoms with Crippen molar-refractivity contribution < 1.29 is 18.3 Å². The van der Waals surface area contributed by atoms with Gasteiger partial charge >= 0.3 is 5.97 Å². The molecule has 1 aliphatic heterocycles. The van der Waals surface area contributed by atoms with Crippen molar-refractivity contribution in [3.05, 3.63) is 35.9 Å². The van der Waals surface area contributed by atoms with E-state index in [0.29, 0.717) is 19.6 Å². The van der Waals surface area contributed by atoms with Crippen LogP contribution in [0.3, 0.4) is 0 Å². The van der Waals surface area contributed by atoms with Crippen LogP contribution in [0.1, 0.15) is 18.9 Å². The lowest BCUT2D eigenvalue weighted by Gasteiger charge is -2.44. The van der Waals surface area contributed by atoms with E-state index in [-0.39, 0.29) is 12.5 Å². The molecule has 1 aromatic carbocycles. The predicted octanol–water partition coefficient (Wildman–Crippen LogP) is 0.996. The van der Waals surface area contributed by atoms with Crippen LogP contribution in [0.2, 0.25) is 0 Å². The van der Waals surface area contributed by atoms with E-state index in [4.69, 9.17) is 5.11 Å². The van der Waals surface area contributed by atoms with Gasteiger partial charge in [-0.2, -0.15) is 4.31 Å². The maximum absolute atomic E-state index is 11.9. The van der Waals surface area contributed by atoms with E-state index >= 15 is 0 Å². The van der Waals surface area contributed by atoms with Gasteiger partial charge in [0.2, 0.25) is 10.0 Å². The van der Waals surface area contributed by atoms with Crippen LogP contribution in [-0.4, -0.2) is 60.1 Å². The van der Waals surface area contributed by atoms with Crippen LogP contribution < -0.4 is 0 Å². The summed E-state index contributed by atoms with van der Waals surface area (Å²) in [6.45, 7) is 3.51. The molecule has 2 rings (SSSR count). The fourth-order valence-electron chi connectivity index (χ4n) is 2.98. The summed E-state index contributed by atoms with van der Waals surface area (Å²) in [6.07, 6.45) is 0.959. The summed E-state index contributed by atoms with van der Waals surface area (Å²) < 4.78 is 25.1. The number of piperazine rings is 1. The third-order valence-electron chi connectivity index (χ3n) is 4.15. The Morgan fingerprint density at radius 2 is 1.91 bits per heavy atom. The molecule has 2 atom stereocenters. The summed E-state index contributed by atoms with van der Waals surface area (Å²) in [7, 11) is -3.41. The third kappa shape index (κ3) is 4.06. The summed E-state index contributed by atoms with van der Waals surface area (Å²) in [5, 5.41) is 9.10. The highest BCUT2D eigenvalue weighted by Gasteiger charge is 2.39. The van der Waals surface area contributed by atoms with Gasteiger partial charge in [-0.15, -0.1) is 0 Å². The number of sulfonamides is 1. The molecule has 0 radical (unpaired) electrons. The lowest BCUT2D eigenvalue weighted by atomic mass is 10.0. The van der Waals surface area contributed by atoms with Crippen LogP contribution in [0.25, 0.3) is 0 Å². The molecule has 1 saturated heterocycles. The Hall–Kier alpha value is -1.44. The summed E-state index contributed by atoms with van der Waals surface area (Å²) in [5.74, 6) is -0.980. The molecular formula is C15H22N2O4S. The van der Waals surface area contributed by atoms with Gasteiger partial charge in [0, 0.05) is 25.7 Å². The predicted molar refractivity (Wildman–Crippen MR) is 83.9 cm³/mol. The Kier molecular flexibility index (Phi) is 5.20. The quantitative estimate of drug-likeness (QED) is 0.873. The minimum Gasteiger partial charge on any atom is -0.481 e. The number of hydrogen-bond acceptors (Lipinski definition) is 4. The molecule has 0 aromatic heterocycles. The van der Waals surface area contributed by atoms with Crippen LogP contribution in [-0.2, 0) is 21.4 Å². The molecule has 1 N–H and O–H groups in total. The highest BCUT2D eigenvalue weighted by atomic mass is 32.2. The maximum Gasteiger partial charge on any atom is 0.305 e. The molecule has 2 unspecified atom stereocenters. The highest BCUT2D eigenvalue weighted by Crippen LogP contribution is 2.24. The molecule has 0 aliphatic carbocycles. The first-order valence-corrected chi connectivity index (χ1v) is 9.10. The van der Waals surface area contributed by atoms with E-state index < -0.39 is 22.0 Å². The Balaban J connectivity index is 2.18. The largest absolute Gasteiger partial charge is 0.481 e. The van der Waals surface area contributed by atoms with Crippen LogP contribution in [0.4, 0.5) is 0 Å². The fourth-order valence-corrected chi connectivity index (χ4v) is 4.14. The van der Waals surface area contributed by atoms with E-state index in [9.17, 15) is 13.2 Å². The van der Waals surface area contributed by atoms with Crippen molar-refractivity contribution in [3.63, 3.8) is 0 Å². The van der Waals surface area contributed by atoms with Gasteiger partial charge in [-0.3, -0.25) is 9.69 Å². The highest BCUT2D eigenvalue weighted by molar-refractivity contribution is 7.88. The molecule has 7 heteroatoms. The number of carboxylic acid groups (broad SMARTS) is 1. The van der Waals surface area contributed by atoms with Crippen LogP contribution in [0, 0.1) is 0 Å². The average molecular weight is 326 g/mol. The Morgan fingerprint density at radius 3 is 2.45 bits per heavy atom. The number of hydrogen-bond donors (Lipinski definition) is 1. The molecule has 22 heavy (non-hydrogen) atoms. The molecule has 1 fully saturated rings. The van der Waals surface area contributed by atoms with Crippen molar-refractivity contribution in [1.29, 1.82) is 0 Å². The van der Waals surface area contributed by atoms with Gasteiger partial charge < -0.3 is 5.11 Å². The van der Waals surface area contributed by atoms with E-state index in [2.05, 4.69) is 4.90 Å². The summed E-state index contributed by atoms with van der Waals surface area (Å²) in [6, 6.07) is 9.21. The number of rotatable bonds is 5. The van der Waals surface area contributed by atoms with Gasteiger partial charge in [0.05, 0.1) is 18.7 Å². The van der Waals surface area contributed by atoms with Crippen molar-refractivity contribution in [2.45, 2.75) is 32.0 Å². The number of benzene rings is 1. The second-order valence-corrected chi connectivity index (χ2v) is 7.67. The van der Waals surface area contributed by atoms with Gasteiger partial charge in [-0.25, -0.2) is 8.42 Å². The van der Waals surface area contributed by atoms with Gasteiger partial charge in [0.25, 0.3) is 0 Å². The fraction of sp³-hybridized carbons (Fsp3) is 0.533. The first-order chi connectivity index (χ1) is 10.3. The van der Waals surface area contributed by atoms with E-state index in [0.717, 1.165) is 11.8 Å². The Morgan fingerprint density at radius 1 is 1.27 bits per heavy atom. The lowest BCUT2D eigenvalue weighted by molar-refractivity contribution is -0.139. The molecule has 1 aromatic rings. The molecule has 0 bridgehead atoms.